The molecule has 2 N–H and O–H groups in total. The van der Waals surface area contributed by atoms with Gasteiger partial charge in [-0.05, 0) is 17.7 Å². The Labute approximate surface area is 109 Å². The Balaban J connectivity index is 1.89. The molecule has 0 amide bonds. The summed E-state index contributed by atoms with van der Waals surface area (Å²) in [6.07, 6.45) is 0. The molecule has 1 heterocycles. The molecule has 0 aliphatic rings. The molecular weight excluding hydrogens is 246 g/mol. The summed E-state index contributed by atoms with van der Waals surface area (Å²) in [7, 11) is 0. The largest absolute Gasteiger partial charge is 0.476 e. The SMILES string of the molecule is N#Cc1cccc(CNCc2cc(C(=O)O)no2)c1. The number of rotatable bonds is 5. The highest BCUT2D eigenvalue weighted by atomic mass is 16.5. The summed E-state index contributed by atoms with van der Waals surface area (Å²) in [5.74, 6) is -0.662. The first-order chi connectivity index (χ1) is 9.19. The van der Waals surface area contributed by atoms with Crippen LogP contribution in [-0.4, -0.2) is 16.2 Å². The van der Waals surface area contributed by atoms with Crippen molar-refractivity contribution in [3.05, 3.63) is 52.9 Å². The van der Waals surface area contributed by atoms with Crippen molar-refractivity contribution in [3.63, 3.8) is 0 Å². The molecule has 19 heavy (non-hydrogen) atoms. The van der Waals surface area contributed by atoms with Gasteiger partial charge in [0.05, 0.1) is 18.2 Å². The highest BCUT2D eigenvalue weighted by Gasteiger charge is 2.09. The van der Waals surface area contributed by atoms with Gasteiger partial charge in [0.25, 0.3) is 0 Å². The number of benzene rings is 1. The molecule has 0 unspecified atom stereocenters. The standard InChI is InChI=1S/C13H11N3O3/c14-6-9-2-1-3-10(4-9)7-15-8-11-5-12(13(17)18)16-19-11/h1-5,15H,7-8H2,(H,17,18). The van der Waals surface area contributed by atoms with Gasteiger partial charge in [0, 0.05) is 12.6 Å². The molecule has 2 aromatic rings. The molecule has 6 nitrogen and oxygen atoms in total. The van der Waals surface area contributed by atoms with Gasteiger partial charge >= 0.3 is 5.97 Å². The van der Waals surface area contributed by atoms with E-state index in [9.17, 15) is 4.79 Å². The van der Waals surface area contributed by atoms with E-state index in [0.717, 1.165) is 5.56 Å². The topological polar surface area (TPSA) is 99.2 Å². The van der Waals surface area contributed by atoms with Crippen molar-refractivity contribution in [2.45, 2.75) is 13.1 Å². The number of nitrogens with one attached hydrogen (secondary N) is 1. The van der Waals surface area contributed by atoms with E-state index in [4.69, 9.17) is 14.9 Å². The molecule has 0 radical (unpaired) electrons. The number of carboxylic acid groups (broad SMARTS) is 1. The quantitative estimate of drug-likeness (QED) is 0.842. The molecular formula is C13H11N3O3. The molecule has 0 bridgehead atoms. The number of hydrogen-bond acceptors (Lipinski definition) is 5. The maximum atomic E-state index is 10.6. The summed E-state index contributed by atoms with van der Waals surface area (Å²) < 4.78 is 4.86. The van der Waals surface area contributed by atoms with Gasteiger partial charge in [-0.2, -0.15) is 5.26 Å². The number of carboxylic acids is 1. The van der Waals surface area contributed by atoms with Crippen LogP contribution in [-0.2, 0) is 13.1 Å². The van der Waals surface area contributed by atoms with Crippen LogP contribution in [0.4, 0.5) is 0 Å². The smallest absolute Gasteiger partial charge is 0.358 e. The second kappa shape index (κ2) is 5.80. The third kappa shape index (κ3) is 3.40. The highest BCUT2D eigenvalue weighted by Crippen LogP contribution is 2.06. The van der Waals surface area contributed by atoms with E-state index in [1.165, 1.54) is 6.07 Å². The van der Waals surface area contributed by atoms with Crippen molar-refractivity contribution in [2.75, 3.05) is 0 Å². The fourth-order valence-electron chi connectivity index (χ4n) is 1.58. The minimum Gasteiger partial charge on any atom is -0.476 e. The number of hydrogen-bond donors (Lipinski definition) is 2. The predicted octanol–water partition coefficient (Wildman–Crippen LogP) is 1.53. The van der Waals surface area contributed by atoms with E-state index in [2.05, 4.69) is 16.5 Å². The molecule has 0 spiro atoms. The Kier molecular flexibility index (Phi) is 3.90. The number of nitriles is 1. The molecule has 0 atom stereocenters. The van der Waals surface area contributed by atoms with Crippen LogP contribution in [0.5, 0.6) is 0 Å². The zero-order valence-electron chi connectivity index (χ0n) is 9.96. The molecule has 0 saturated carbocycles. The Hall–Kier alpha value is -2.65. The van der Waals surface area contributed by atoms with Gasteiger partial charge in [-0.25, -0.2) is 4.79 Å². The molecule has 1 aromatic carbocycles. The lowest BCUT2D eigenvalue weighted by Crippen LogP contribution is -2.12. The van der Waals surface area contributed by atoms with Gasteiger partial charge in [0.15, 0.2) is 11.5 Å². The van der Waals surface area contributed by atoms with Crippen LogP contribution in [0.2, 0.25) is 0 Å². The van der Waals surface area contributed by atoms with E-state index in [1.807, 2.05) is 12.1 Å². The third-order valence-electron chi connectivity index (χ3n) is 2.46. The van der Waals surface area contributed by atoms with Crippen molar-refractivity contribution >= 4 is 5.97 Å². The molecule has 0 aliphatic heterocycles. The minimum absolute atomic E-state index is 0.108. The summed E-state index contributed by atoms with van der Waals surface area (Å²) in [4.78, 5) is 10.6. The van der Waals surface area contributed by atoms with Gasteiger partial charge in [-0.15, -0.1) is 0 Å². The Morgan fingerprint density at radius 1 is 1.42 bits per heavy atom. The van der Waals surface area contributed by atoms with Gasteiger partial charge in [0.2, 0.25) is 0 Å². The number of aromatic nitrogens is 1. The molecule has 0 saturated heterocycles. The number of carbonyl (C=O) groups is 1. The summed E-state index contributed by atoms with van der Waals surface area (Å²) in [5, 5.41) is 24.0. The van der Waals surface area contributed by atoms with Crippen molar-refractivity contribution < 1.29 is 14.4 Å². The van der Waals surface area contributed by atoms with E-state index in [1.54, 1.807) is 12.1 Å². The average Bonchev–Trinajstić information content (AvgIpc) is 2.88. The second-order valence-electron chi connectivity index (χ2n) is 3.90. The van der Waals surface area contributed by atoms with Crippen LogP contribution in [0.25, 0.3) is 0 Å². The van der Waals surface area contributed by atoms with Crippen molar-refractivity contribution in [1.82, 2.24) is 10.5 Å². The molecule has 0 aliphatic carbocycles. The molecule has 0 fully saturated rings. The predicted molar refractivity (Wildman–Crippen MR) is 65.2 cm³/mol. The highest BCUT2D eigenvalue weighted by molar-refractivity contribution is 5.85. The first kappa shape index (κ1) is 12.8. The van der Waals surface area contributed by atoms with Gasteiger partial charge in [-0.3, -0.25) is 0 Å². The monoisotopic (exact) mass is 257 g/mol. The number of aromatic carboxylic acids is 1. The Bertz CT molecular complexity index is 628. The summed E-state index contributed by atoms with van der Waals surface area (Å²) >= 11 is 0. The van der Waals surface area contributed by atoms with Crippen LogP contribution in [0.3, 0.4) is 0 Å². The van der Waals surface area contributed by atoms with E-state index in [-0.39, 0.29) is 5.69 Å². The summed E-state index contributed by atoms with van der Waals surface area (Å²) in [6.45, 7) is 0.926. The lowest BCUT2D eigenvalue weighted by Gasteiger charge is -2.02. The first-order valence-corrected chi connectivity index (χ1v) is 5.57. The van der Waals surface area contributed by atoms with Crippen molar-refractivity contribution in [1.29, 1.82) is 5.26 Å². The average molecular weight is 257 g/mol. The lowest BCUT2D eigenvalue weighted by molar-refractivity contribution is 0.0685. The van der Waals surface area contributed by atoms with Gasteiger partial charge in [-0.1, -0.05) is 17.3 Å². The van der Waals surface area contributed by atoms with Gasteiger partial charge < -0.3 is 14.9 Å². The maximum absolute atomic E-state index is 10.6. The maximum Gasteiger partial charge on any atom is 0.358 e. The van der Waals surface area contributed by atoms with Crippen LogP contribution in [0, 0.1) is 11.3 Å². The summed E-state index contributed by atoms with van der Waals surface area (Å²) in [5.41, 5.74) is 1.47. The fourth-order valence-corrected chi connectivity index (χ4v) is 1.58. The van der Waals surface area contributed by atoms with E-state index < -0.39 is 5.97 Å². The second-order valence-corrected chi connectivity index (χ2v) is 3.90. The minimum atomic E-state index is -1.11. The van der Waals surface area contributed by atoms with Crippen molar-refractivity contribution in [3.8, 4) is 6.07 Å². The van der Waals surface area contributed by atoms with Gasteiger partial charge in [0.1, 0.15) is 0 Å². The van der Waals surface area contributed by atoms with E-state index in [0.29, 0.717) is 24.4 Å². The van der Waals surface area contributed by atoms with Crippen molar-refractivity contribution in [2.24, 2.45) is 0 Å². The molecule has 96 valence electrons. The zero-order valence-corrected chi connectivity index (χ0v) is 9.96. The summed E-state index contributed by atoms with van der Waals surface area (Å²) in [6, 6.07) is 10.7. The zero-order chi connectivity index (χ0) is 13.7. The lowest BCUT2D eigenvalue weighted by atomic mass is 10.1. The molecule has 6 heteroatoms. The fraction of sp³-hybridized carbons (Fsp3) is 0.154. The van der Waals surface area contributed by atoms with E-state index >= 15 is 0 Å². The number of nitrogens with zero attached hydrogens (tertiary/aromatic N) is 2. The Morgan fingerprint density at radius 2 is 2.26 bits per heavy atom. The third-order valence-corrected chi connectivity index (χ3v) is 2.46. The van der Waals surface area contributed by atoms with Crippen LogP contribution in [0.1, 0.15) is 27.4 Å². The van der Waals surface area contributed by atoms with Crippen LogP contribution >= 0.6 is 0 Å². The molecule has 2 rings (SSSR count). The van der Waals surface area contributed by atoms with Crippen LogP contribution in [0.15, 0.2) is 34.9 Å². The first-order valence-electron chi connectivity index (χ1n) is 5.57. The normalized spacial score (nSPS) is 10.1. The molecule has 1 aromatic heterocycles. The Morgan fingerprint density at radius 3 is 2.95 bits per heavy atom. The van der Waals surface area contributed by atoms with Crippen LogP contribution < -0.4 is 5.32 Å².